The molecule has 3 saturated carbocycles. The molecule has 1 heterocycles. The first kappa shape index (κ1) is 10.3. The average molecular weight is 216 g/mol. The number of hydrogen-bond acceptors (Lipinski definition) is 2. The highest BCUT2D eigenvalue weighted by molar-refractivity contribution is 5.22. The van der Waals surface area contributed by atoms with Crippen molar-refractivity contribution in [2.24, 2.45) is 0 Å². The van der Waals surface area contributed by atoms with Gasteiger partial charge in [-0.1, -0.05) is 6.07 Å². The quantitative estimate of drug-likeness (QED) is 0.822. The van der Waals surface area contributed by atoms with Crippen LogP contribution in [0.15, 0.2) is 24.4 Å². The molecular weight excluding hydrogens is 196 g/mol. The van der Waals surface area contributed by atoms with Gasteiger partial charge in [0.15, 0.2) is 0 Å². The summed E-state index contributed by atoms with van der Waals surface area (Å²) in [6.07, 6.45) is 9.83. The van der Waals surface area contributed by atoms with Crippen LogP contribution >= 0.6 is 0 Å². The van der Waals surface area contributed by atoms with Crippen molar-refractivity contribution in [1.82, 2.24) is 10.3 Å². The Morgan fingerprint density at radius 3 is 2.25 bits per heavy atom. The highest BCUT2D eigenvalue weighted by atomic mass is 15.0. The van der Waals surface area contributed by atoms with Crippen LogP contribution in [0.4, 0.5) is 0 Å². The van der Waals surface area contributed by atoms with Crippen molar-refractivity contribution in [2.75, 3.05) is 7.05 Å². The Morgan fingerprint density at radius 1 is 1.06 bits per heavy atom. The van der Waals surface area contributed by atoms with Crippen LogP contribution in [-0.2, 0) is 5.41 Å². The SMILES string of the molecule is CNC12CCC(c3ccccn3)(CC1)CC2. The Balaban J connectivity index is 1.89. The molecule has 0 aliphatic heterocycles. The van der Waals surface area contributed by atoms with Crippen LogP contribution in [0.25, 0.3) is 0 Å². The van der Waals surface area contributed by atoms with Gasteiger partial charge in [-0.05, 0) is 57.7 Å². The topological polar surface area (TPSA) is 24.9 Å². The highest BCUT2D eigenvalue weighted by Crippen LogP contribution is 2.52. The van der Waals surface area contributed by atoms with Gasteiger partial charge in [0.25, 0.3) is 0 Å². The predicted octanol–water partition coefficient (Wildman–Crippen LogP) is 2.65. The summed E-state index contributed by atoms with van der Waals surface area (Å²) in [5.41, 5.74) is 2.19. The highest BCUT2D eigenvalue weighted by Gasteiger charge is 2.49. The zero-order valence-electron chi connectivity index (χ0n) is 10.00. The minimum atomic E-state index is 0.403. The molecule has 0 saturated heterocycles. The lowest BCUT2D eigenvalue weighted by Crippen LogP contribution is -2.55. The van der Waals surface area contributed by atoms with Gasteiger partial charge in [0, 0.05) is 22.8 Å². The fourth-order valence-corrected chi connectivity index (χ4v) is 3.62. The average Bonchev–Trinajstić information content (AvgIpc) is 2.42. The molecule has 2 bridgehead atoms. The molecule has 0 spiro atoms. The monoisotopic (exact) mass is 216 g/mol. The maximum atomic E-state index is 4.60. The van der Waals surface area contributed by atoms with Crippen LogP contribution in [0, 0.1) is 0 Å². The van der Waals surface area contributed by atoms with E-state index in [2.05, 4.69) is 29.5 Å². The van der Waals surface area contributed by atoms with E-state index in [9.17, 15) is 0 Å². The van der Waals surface area contributed by atoms with Gasteiger partial charge in [-0.25, -0.2) is 0 Å². The molecule has 3 aliphatic rings. The number of aromatic nitrogens is 1. The van der Waals surface area contributed by atoms with E-state index in [0.717, 1.165) is 0 Å². The van der Waals surface area contributed by atoms with Crippen molar-refractivity contribution in [1.29, 1.82) is 0 Å². The smallest absolute Gasteiger partial charge is 0.0465 e. The summed E-state index contributed by atoms with van der Waals surface area (Å²) < 4.78 is 0. The minimum Gasteiger partial charge on any atom is -0.314 e. The van der Waals surface area contributed by atoms with E-state index in [0.29, 0.717) is 11.0 Å². The van der Waals surface area contributed by atoms with Crippen molar-refractivity contribution in [3.63, 3.8) is 0 Å². The molecule has 2 nitrogen and oxygen atoms in total. The van der Waals surface area contributed by atoms with Crippen molar-refractivity contribution in [2.45, 2.75) is 49.5 Å². The summed E-state index contributed by atoms with van der Waals surface area (Å²) in [6.45, 7) is 0. The number of fused-ring (bicyclic) bond motifs is 3. The standard InChI is InChI=1S/C14H20N2/c1-15-14-8-5-13(6-9-14,7-10-14)12-4-2-3-11-16-12/h2-4,11,15H,5-10H2,1H3. The third-order valence-corrected chi connectivity index (χ3v) is 4.98. The fourth-order valence-electron chi connectivity index (χ4n) is 3.62. The summed E-state index contributed by atoms with van der Waals surface area (Å²) in [5, 5.41) is 3.55. The number of hydrogen-bond donors (Lipinski definition) is 1. The Labute approximate surface area is 97.5 Å². The molecule has 86 valence electrons. The van der Waals surface area contributed by atoms with Crippen LogP contribution < -0.4 is 5.32 Å². The summed E-state index contributed by atoms with van der Waals surface area (Å²) in [4.78, 5) is 4.60. The summed E-state index contributed by atoms with van der Waals surface area (Å²) in [7, 11) is 2.12. The number of rotatable bonds is 2. The van der Waals surface area contributed by atoms with Gasteiger partial charge in [0.2, 0.25) is 0 Å². The molecule has 3 fully saturated rings. The van der Waals surface area contributed by atoms with Gasteiger partial charge in [0.05, 0.1) is 0 Å². The first-order valence-corrected chi connectivity index (χ1v) is 6.39. The van der Waals surface area contributed by atoms with Gasteiger partial charge < -0.3 is 5.32 Å². The van der Waals surface area contributed by atoms with Gasteiger partial charge >= 0.3 is 0 Å². The van der Waals surface area contributed by atoms with E-state index in [1.807, 2.05) is 12.3 Å². The molecular formula is C14H20N2. The van der Waals surface area contributed by atoms with E-state index in [4.69, 9.17) is 0 Å². The second kappa shape index (κ2) is 3.56. The van der Waals surface area contributed by atoms with Gasteiger partial charge in [-0.15, -0.1) is 0 Å². The molecule has 0 atom stereocenters. The van der Waals surface area contributed by atoms with Crippen molar-refractivity contribution in [3.8, 4) is 0 Å². The van der Waals surface area contributed by atoms with Crippen LogP contribution in [-0.4, -0.2) is 17.6 Å². The van der Waals surface area contributed by atoms with E-state index in [1.54, 1.807) is 0 Å². The van der Waals surface area contributed by atoms with E-state index >= 15 is 0 Å². The Morgan fingerprint density at radius 2 is 1.75 bits per heavy atom. The molecule has 0 aromatic carbocycles. The lowest BCUT2D eigenvalue weighted by molar-refractivity contribution is 0.0808. The van der Waals surface area contributed by atoms with E-state index in [-0.39, 0.29) is 0 Å². The summed E-state index contributed by atoms with van der Waals surface area (Å²) in [6, 6.07) is 6.37. The molecule has 16 heavy (non-hydrogen) atoms. The van der Waals surface area contributed by atoms with E-state index in [1.165, 1.54) is 44.2 Å². The lowest BCUT2D eigenvalue weighted by Gasteiger charge is -2.53. The Kier molecular flexibility index (Phi) is 2.28. The largest absolute Gasteiger partial charge is 0.314 e. The molecule has 0 amide bonds. The number of nitrogens with zero attached hydrogens (tertiary/aromatic N) is 1. The summed E-state index contributed by atoms with van der Waals surface area (Å²) in [5.74, 6) is 0. The van der Waals surface area contributed by atoms with Gasteiger partial charge in [0.1, 0.15) is 0 Å². The van der Waals surface area contributed by atoms with Crippen LogP contribution in [0.3, 0.4) is 0 Å². The summed E-state index contributed by atoms with van der Waals surface area (Å²) >= 11 is 0. The second-order valence-electron chi connectivity index (χ2n) is 5.53. The van der Waals surface area contributed by atoms with Crippen LogP contribution in [0.5, 0.6) is 0 Å². The number of pyridine rings is 1. The molecule has 3 aliphatic carbocycles. The Bertz CT molecular complexity index is 347. The third-order valence-electron chi connectivity index (χ3n) is 4.98. The maximum absolute atomic E-state index is 4.60. The number of nitrogens with one attached hydrogen (secondary N) is 1. The van der Waals surface area contributed by atoms with Crippen molar-refractivity contribution < 1.29 is 0 Å². The van der Waals surface area contributed by atoms with Crippen molar-refractivity contribution >= 4 is 0 Å². The molecule has 0 radical (unpaired) electrons. The van der Waals surface area contributed by atoms with Crippen LogP contribution in [0.1, 0.15) is 44.2 Å². The van der Waals surface area contributed by atoms with Gasteiger partial charge in [-0.2, -0.15) is 0 Å². The van der Waals surface area contributed by atoms with Crippen LogP contribution in [0.2, 0.25) is 0 Å². The van der Waals surface area contributed by atoms with Crippen molar-refractivity contribution in [3.05, 3.63) is 30.1 Å². The second-order valence-corrected chi connectivity index (χ2v) is 5.53. The fraction of sp³-hybridized carbons (Fsp3) is 0.643. The zero-order valence-corrected chi connectivity index (χ0v) is 10.00. The first-order chi connectivity index (χ1) is 7.79. The molecule has 1 aromatic heterocycles. The van der Waals surface area contributed by atoms with E-state index < -0.39 is 0 Å². The lowest BCUT2D eigenvalue weighted by atomic mass is 9.56. The normalized spacial score (nSPS) is 37.6. The molecule has 1 N–H and O–H groups in total. The maximum Gasteiger partial charge on any atom is 0.0465 e. The molecule has 0 unspecified atom stereocenters. The minimum absolute atomic E-state index is 0.403. The van der Waals surface area contributed by atoms with Gasteiger partial charge in [-0.3, -0.25) is 4.98 Å². The predicted molar refractivity (Wildman–Crippen MR) is 65.4 cm³/mol. The molecule has 4 rings (SSSR count). The molecule has 1 aromatic rings. The Hall–Kier alpha value is -0.890. The zero-order chi connectivity index (χ0) is 11.1. The molecule has 2 heteroatoms. The first-order valence-electron chi connectivity index (χ1n) is 6.39. The third kappa shape index (κ3) is 1.40.